The second kappa shape index (κ2) is 5.59. The van der Waals surface area contributed by atoms with E-state index >= 15 is 0 Å². The summed E-state index contributed by atoms with van der Waals surface area (Å²) < 4.78 is 16.7. The van der Waals surface area contributed by atoms with Gasteiger partial charge in [0, 0.05) is 11.3 Å². The molecule has 3 nitrogen and oxygen atoms in total. The normalized spacial score (nSPS) is 11.0. The highest BCUT2D eigenvalue weighted by atomic mass is 79.9. The van der Waals surface area contributed by atoms with Gasteiger partial charge in [0.05, 0.1) is 17.2 Å². The lowest BCUT2D eigenvalue weighted by Gasteiger charge is -2.08. The molecule has 0 aliphatic rings. The van der Waals surface area contributed by atoms with E-state index in [1.54, 1.807) is 12.4 Å². The summed E-state index contributed by atoms with van der Waals surface area (Å²) in [6, 6.07) is 17.3. The summed E-state index contributed by atoms with van der Waals surface area (Å²) in [7, 11) is 0. The van der Waals surface area contributed by atoms with Crippen LogP contribution in [0.25, 0.3) is 27.8 Å². The summed E-state index contributed by atoms with van der Waals surface area (Å²) in [5, 5.41) is 0. The minimum atomic E-state index is -0.346. The van der Waals surface area contributed by atoms with Gasteiger partial charge in [0.15, 0.2) is 0 Å². The van der Waals surface area contributed by atoms with Crippen molar-refractivity contribution in [1.29, 1.82) is 0 Å². The van der Waals surface area contributed by atoms with Gasteiger partial charge in [0.25, 0.3) is 0 Å². The summed E-state index contributed by atoms with van der Waals surface area (Å²) in [5.74, 6) is -0.346. The fourth-order valence-corrected chi connectivity index (χ4v) is 2.95. The van der Waals surface area contributed by atoms with Crippen molar-refractivity contribution in [2.75, 3.05) is 0 Å². The van der Waals surface area contributed by atoms with E-state index in [1.807, 2.05) is 53.1 Å². The lowest BCUT2D eigenvalue weighted by atomic mass is 10.1. The number of imidazole rings is 1. The quantitative estimate of drug-likeness (QED) is 0.467. The van der Waals surface area contributed by atoms with Crippen LogP contribution in [0, 0.1) is 5.82 Å². The van der Waals surface area contributed by atoms with Crippen molar-refractivity contribution in [3.63, 3.8) is 0 Å². The van der Waals surface area contributed by atoms with Gasteiger partial charge in [-0.15, -0.1) is 0 Å². The second-order valence-corrected chi connectivity index (χ2v) is 5.95. The first-order valence-corrected chi connectivity index (χ1v) is 7.85. The van der Waals surface area contributed by atoms with Gasteiger partial charge in [-0.25, -0.2) is 14.4 Å². The first-order valence-electron chi connectivity index (χ1n) is 7.06. The van der Waals surface area contributed by atoms with Crippen molar-refractivity contribution in [2.24, 2.45) is 0 Å². The Balaban J connectivity index is 1.88. The van der Waals surface area contributed by atoms with E-state index in [-0.39, 0.29) is 5.82 Å². The number of pyridine rings is 1. The summed E-state index contributed by atoms with van der Waals surface area (Å²) in [5.41, 5.74) is 4.18. The third-order valence-corrected chi connectivity index (χ3v) is 4.14. The molecule has 0 saturated carbocycles. The molecule has 0 N–H and O–H groups in total. The van der Waals surface area contributed by atoms with Crippen LogP contribution in [0.5, 0.6) is 0 Å². The van der Waals surface area contributed by atoms with E-state index in [1.165, 1.54) is 6.20 Å². The number of hydrogen-bond acceptors (Lipinski definition) is 2. The lowest BCUT2D eigenvalue weighted by Crippen LogP contribution is -1.93. The van der Waals surface area contributed by atoms with Crippen LogP contribution in [-0.2, 0) is 0 Å². The van der Waals surface area contributed by atoms with E-state index in [4.69, 9.17) is 0 Å². The molecule has 0 amide bonds. The monoisotopic (exact) mass is 367 g/mol. The number of aromatic nitrogens is 3. The molecule has 0 spiro atoms. The van der Waals surface area contributed by atoms with Gasteiger partial charge in [0.1, 0.15) is 16.7 Å². The molecule has 2 aromatic carbocycles. The Morgan fingerprint density at radius 3 is 2.74 bits per heavy atom. The lowest BCUT2D eigenvalue weighted by molar-refractivity contribution is 0.624. The van der Waals surface area contributed by atoms with Crippen LogP contribution in [0.2, 0.25) is 0 Å². The van der Waals surface area contributed by atoms with Crippen LogP contribution in [0.1, 0.15) is 0 Å². The van der Waals surface area contributed by atoms with Gasteiger partial charge in [-0.2, -0.15) is 0 Å². The molecule has 5 heteroatoms. The predicted molar refractivity (Wildman–Crippen MR) is 92.0 cm³/mol. The minimum Gasteiger partial charge on any atom is -0.299 e. The van der Waals surface area contributed by atoms with E-state index in [9.17, 15) is 4.39 Å². The smallest absolute Gasteiger partial charge is 0.149 e. The maximum atomic E-state index is 14.1. The average molecular weight is 368 g/mol. The summed E-state index contributed by atoms with van der Waals surface area (Å²) >= 11 is 3.29. The molecule has 2 heterocycles. The van der Waals surface area contributed by atoms with Crippen molar-refractivity contribution < 1.29 is 4.39 Å². The van der Waals surface area contributed by atoms with Crippen molar-refractivity contribution >= 4 is 27.0 Å². The molecule has 2 aromatic heterocycles. The number of halogens is 2. The molecule has 4 aromatic rings. The first kappa shape index (κ1) is 14.1. The molecule has 0 aliphatic heterocycles. The highest BCUT2D eigenvalue weighted by molar-refractivity contribution is 9.10. The van der Waals surface area contributed by atoms with Crippen molar-refractivity contribution in [2.45, 2.75) is 0 Å². The molecule has 0 saturated heterocycles. The molecular formula is C18H11BrFN3. The fourth-order valence-electron chi connectivity index (χ4n) is 2.62. The minimum absolute atomic E-state index is 0.346. The third-order valence-electron chi connectivity index (χ3n) is 3.71. The number of nitrogens with zero attached hydrogens (tertiary/aromatic N) is 3. The number of para-hydroxylation sites is 2. The molecule has 0 atom stereocenters. The molecular weight excluding hydrogens is 357 g/mol. The zero-order valence-corrected chi connectivity index (χ0v) is 13.5. The number of benzene rings is 2. The van der Waals surface area contributed by atoms with Crippen LogP contribution in [0.4, 0.5) is 4.39 Å². The van der Waals surface area contributed by atoms with E-state index < -0.39 is 0 Å². The van der Waals surface area contributed by atoms with Gasteiger partial charge >= 0.3 is 0 Å². The topological polar surface area (TPSA) is 30.7 Å². The van der Waals surface area contributed by atoms with Gasteiger partial charge in [-0.3, -0.25) is 4.57 Å². The van der Waals surface area contributed by atoms with Crippen LogP contribution in [-0.4, -0.2) is 14.5 Å². The SMILES string of the molecule is Fc1cnc(Br)cc1-c1cccc(-n2cnc3ccccc32)c1. The zero-order valence-electron chi connectivity index (χ0n) is 11.9. The molecule has 4 rings (SSSR count). The van der Waals surface area contributed by atoms with Crippen LogP contribution in [0.15, 0.2) is 71.7 Å². The summed E-state index contributed by atoms with van der Waals surface area (Å²) in [6.45, 7) is 0. The van der Waals surface area contributed by atoms with E-state index in [0.717, 1.165) is 22.3 Å². The summed E-state index contributed by atoms with van der Waals surface area (Å²) in [6.07, 6.45) is 3.00. The predicted octanol–water partition coefficient (Wildman–Crippen LogP) is 4.99. The molecule has 0 fully saturated rings. The Morgan fingerprint density at radius 2 is 1.83 bits per heavy atom. The standard InChI is InChI=1S/C18H11BrFN3/c19-18-9-14(15(20)10-21-18)12-4-3-5-13(8-12)23-11-22-16-6-1-2-7-17(16)23/h1-11H. The van der Waals surface area contributed by atoms with Crippen LogP contribution >= 0.6 is 15.9 Å². The molecule has 0 unspecified atom stereocenters. The number of rotatable bonds is 2. The first-order chi connectivity index (χ1) is 11.2. The molecule has 112 valence electrons. The molecule has 23 heavy (non-hydrogen) atoms. The Hall–Kier alpha value is -2.53. The summed E-state index contributed by atoms with van der Waals surface area (Å²) in [4.78, 5) is 8.31. The maximum absolute atomic E-state index is 14.1. The Morgan fingerprint density at radius 1 is 0.957 bits per heavy atom. The average Bonchev–Trinajstić information content (AvgIpc) is 3.01. The number of fused-ring (bicyclic) bond motifs is 1. The van der Waals surface area contributed by atoms with Crippen molar-refractivity contribution in [1.82, 2.24) is 14.5 Å². The maximum Gasteiger partial charge on any atom is 0.149 e. The second-order valence-electron chi connectivity index (χ2n) is 5.14. The molecule has 0 bridgehead atoms. The zero-order chi connectivity index (χ0) is 15.8. The Bertz CT molecular complexity index is 1010. The molecule has 0 radical (unpaired) electrons. The third kappa shape index (κ3) is 2.53. The van der Waals surface area contributed by atoms with Gasteiger partial charge in [-0.05, 0) is 51.8 Å². The highest BCUT2D eigenvalue weighted by Gasteiger charge is 2.09. The van der Waals surface area contributed by atoms with E-state index in [0.29, 0.717) is 10.2 Å². The fraction of sp³-hybridized carbons (Fsp3) is 0. The van der Waals surface area contributed by atoms with Crippen molar-refractivity contribution in [3.05, 3.63) is 77.5 Å². The van der Waals surface area contributed by atoms with Crippen LogP contribution < -0.4 is 0 Å². The number of hydrogen-bond donors (Lipinski definition) is 0. The van der Waals surface area contributed by atoms with Crippen molar-refractivity contribution in [3.8, 4) is 16.8 Å². The molecule has 0 aliphatic carbocycles. The van der Waals surface area contributed by atoms with E-state index in [2.05, 4.69) is 25.9 Å². The Labute approximate surface area is 140 Å². The van der Waals surface area contributed by atoms with Gasteiger partial charge in [0.2, 0.25) is 0 Å². The van der Waals surface area contributed by atoms with Gasteiger partial charge < -0.3 is 0 Å². The largest absolute Gasteiger partial charge is 0.299 e. The Kier molecular flexibility index (Phi) is 3.42. The highest BCUT2D eigenvalue weighted by Crippen LogP contribution is 2.27. The van der Waals surface area contributed by atoms with Gasteiger partial charge in [-0.1, -0.05) is 24.3 Å². The van der Waals surface area contributed by atoms with Crippen LogP contribution in [0.3, 0.4) is 0 Å².